The van der Waals surface area contributed by atoms with Crippen LogP contribution in [0.25, 0.3) is 0 Å². The largest absolute Gasteiger partial charge is 0.316 e. The van der Waals surface area contributed by atoms with Crippen LogP contribution >= 0.6 is 22.9 Å². The fourth-order valence-corrected chi connectivity index (χ4v) is 3.25. The topological polar surface area (TPSA) is 29.1 Å². The Morgan fingerprint density at radius 1 is 1.56 bits per heavy atom. The van der Waals surface area contributed by atoms with Gasteiger partial charge in [0.2, 0.25) is 0 Å². The molecule has 1 fully saturated rings. The van der Waals surface area contributed by atoms with Crippen molar-refractivity contribution in [2.45, 2.75) is 25.7 Å². The Balaban J connectivity index is 1.79. The Kier molecular flexibility index (Phi) is 4.38. The average molecular weight is 258 g/mol. The SMILES string of the molecule is O=C(Cc1ccc(Cl)s1)CC1CCCNC1. The van der Waals surface area contributed by atoms with Crippen molar-refractivity contribution in [1.29, 1.82) is 0 Å². The minimum absolute atomic E-state index is 0.340. The van der Waals surface area contributed by atoms with Crippen LogP contribution in [0, 0.1) is 5.92 Å². The van der Waals surface area contributed by atoms with Crippen LogP contribution in [0.2, 0.25) is 4.34 Å². The first kappa shape index (κ1) is 12.1. The van der Waals surface area contributed by atoms with Gasteiger partial charge in [-0.3, -0.25) is 4.79 Å². The van der Waals surface area contributed by atoms with Crippen LogP contribution in [-0.4, -0.2) is 18.9 Å². The fourth-order valence-electron chi connectivity index (χ4n) is 2.13. The number of carbonyl (C=O) groups is 1. The highest BCUT2D eigenvalue weighted by Crippen LogP contribution is 2.23. The number of thiophene rings is 1. The van der Waals surface area contributed by atoms with Crippen LogP contribution < -0.4 is 5.32 Å². The van der Waals surface area contributed by atoms with E-state index in [1.165, 1.54) is 24.2 Å². The number of rotatable bonds is 4. The minimum atomic E-state index is 0.340. The fraction of sp³-hybridized carbons (Fsp3) is 0.583. The first-order valence-electron chi connectivity index (χ1n) is 5.70. The summed E-state index contributed by atoms with van der Waals surface area (Å²) in [6, 6.07) is 3.81. The maximum Gasteiger partial charge on any atom is 0.138 e. The Labute approximate surface area is 105 Å². The lowest BCUT2D eigenvalue weighted by atomic mass is 9.93. The van der Waals surface area contributed by atoms with Gasteiger partial charge >= 0.3 is 0 Å². The van der Waals surface area contributed by atoms with Gasteiger partial charge in [0.15, 0.2) is 0 Å². The molecule has 0 saturated carbocycles. The van der Waals surface area contributed by atoms with E-state index in [0.29, 0.717) is 24.5 Å². The molecular formula is C12H16ClNOS. The summed E-state index contributed by atoms with van der Waals surface area (Å²) in [6.45, 7) is 2.10. The molecule has 1 aliphatic heterocycles. The highest BCUT2D eigenvalue weighted by Gasteiger charge is 2.17. The van der Waals surface area contributed by atoms with E-state index < -0.39 is 0 Å². The van der Waals surface area contributed by atoms with E-state index >= 15 is 0 Å². The second kappa shape index (κ2) is 5.80. The molecule has 2 rings (SSSR count). The molecule has 0 aromatic carbocycles. The minimum Gasteiger partial charge on any atom is -0.316 e. The predicted molar refractivity (Wildman–Crippen MR) is 68.3 cm³/mol. The van der Waals surface area contributed by atoms with Crippen molar-refractivity contribution < 1.29 is 4.79 Å². The third kappa shape index (κ3) is 3.58. The lowest BCUT2D eigenvalue weighted by molar-refractivity contribution is -0.119. The average Bonchev–Trinajstić information content (AvgIpc) is 2.65. The molecule has 1 aliphatic rings. The molecule has 0 amide bonds. The molecule has 88 valence electrons. The molecule has 1 N–H and O–H groups in total. The molecule has 1 saturated heterocycles. The Morgan fingerprint density at radius 3 is 3.06 bits per heavy atom. The molecule has 16 heavy (non-hydrogen) atoms. The number of ketones is 1. The first-order chi connectivity index (χ1) is 7.74. The van der Waals surface area contributed by atoms with Gasteiger partial charge in [0.1, 0.15) is 5.78 Å². The van der Waals surface area contributed by atoms with Crippen LogP contribution in [0.3, 0.4) is 0 Å². The Hall–Kier alpha value is -0.380. The van der Waals surface area contributed by atoms with Crippen LogP contribution in [0.15, 0.2) is 12.1 Å². The number of nitrogens with one attached hydrogen (secondary N) is 1. The third-order valence-electron chi connectivity index (χ3n) is 2.92. The van der Waals surface area contributed by atoms with E-state index in [1.54, 1.807) is 0 Å². The van der Waals surface area contributed by atoms with Gasteiger partial charge in [-0.2, -0.15) is 0 Å². The molecule has 0 spiro atoms. The summed E-state index contributed by atoms with van der Waals surface area (Å²) in [5.74, 6) is 0.879. The van der Waals surface area contributed by atoms with Crippen molar-refractivity contribution in [1.82, 2.24) is 5.32 Å². The first-order valence-corrected chi connectivity index (χ1v) is 6.90. The van der Waals surface area contributed by atoms with E-state index in [2.05, 4.69) is 5.32 Å². The normalized spacial score (nSPS) is 20.9. The van der Waals surface area contributed by atoms with E-state index in [1.807, 2.05) is 12.1 Å². The maximum absolute atomic E-state index is 11.8. The van der Waals surface area contributed by atoms with Crippen LogP contribution in [-0.2, 0) is 11.2 Å². The van der Waals surface area contributed by atoms with E-state index in [4.69, 9.17) is 11.6 Å². The van der Waals surface area contributed by atoms with Crippen molar-refractivity contribution in [3.63, 3.8) is 0 Å². The zero-order valence-corrected chi connectivity index (χ0v) is 10.7. The zero-order chi connectivity index (χ0) is 11.4. The molecule has 1 unspecified atom stereocenters. The van der Waals surface area contributed by atoms with Gasteiger partial charge in [-0.15, -0.1) is 11.3 Å². The molecule has 1 aromatic heterocycles. The number of halogens is 1. The lowest BCUT2D eigenvalue weighted by Gasteiger charge is -2.21. The molecule has 2 heterocycles. The molecule has 1 atom stereocenters. The smallest absolute Gasteiger partial charge is 0.138 e. The second-order valence-electron chi connectivity index (χ2n) is 4.34. The van der Waals surface area contributed by atoms with Crippen molar-refractivity contribution >= 4 is 28.7 Å². The Morgan fingerprint density at radius 2 is 2.44 bits per heavy atom. The second-order valence-corrected chi connectivity index (χ2v) is 6.14. The lowest BCUT2D eigenvalue weighted by Crippen LogP contribution is -2.31. The van der Waals surface area contributed by atoms with Crippen LogP contribution in [0.1, 0.15) is 24.1 Å². The zero-order valence-electron chi connectivity index (χ0n) is 9.17. The maximum atomic E-state index is 11.8. The number of hydrogen-bond acceptors (Lipinski definition) is 3. The van der Waals surface area contributed by atoms with E-state index in [-0.39, 0.29) is 0 Å². The van der Waals surface area contributed by atoms with Gasteiger partial charge in [-0.1, -0.05) is 11.6 Å². The van der Waals surface area contributed by atoms with Gasteiger partial charge in [0, 0.05) is 17.7 Å². The summed E-state index contributed by atoms with van der Waals surface area (Å²) in [7, 11) is 0. The standard InChI is InChI=1S/C12H16ClNOS/c13-12-4-3-11(16-12)7-10(15)6-9-2-1-5-14-8-9/h3-4,9,14H,1-2,5-8H2. The van der Waals surface area contributed by atoms with Gasteiger partial charge < -0.3 is 5.32 Å². The summed E-state index contributed by atoms with van der Waals surface area (Å²) < 4.78 is 0.766. The molecule has 0 aliphatic carbocycles. The summed E-state index contributed by atoms with van der Waals surface area (Å²) >= 11 is 7.34. The molecular weight excluding hydrogens is 242 g/mol. The van der Waals surface area contributed by atoms with Crippen molar-refractivity contribution in [3.05, 3.63) is 21.3 Å². The van der Waals surface area contributed by atoms with Crippen LogP contribution in [0.5, 0.6) is 0 Å². The van der Waals surface area contributed by atoms with Crippen molar-refractivity contribution in [2.24, 2.45) is 5.92 Å². The number of carbonyl (C=O) groups excluding carboxylic acids is 1. The van der Waals surface area contributed by atoms with E-state index in [9.17, 15) is 4.79 Å². The number of hydrogen-bond donors (Lipinski definition) is 1. The summed E-state index contributed by atoms with van der Waals surface area (Å²) in [4.78, 5) is 12.9. The van der Waals surface area contributed by atoms with Gasteiger partial charge in [0.25, 0.3) is 0 Å². The Bertz CT molecular complexity index is 358. The van der Waals surface area contributed by atoms with Crippen molar-refractivity contribution in [2.75, 3.05) is 13.1 Å². The van der Waals surface area contributed by atoms with Crippen LogP contribution in [0.4, 0.5) is 0 Å². The van der Waals surface area contributed by atoms with Gasteiger partial charge in [-0.05, 0) is 44.0 Å². The van der Waals surface area contributed by atoms with Crippen molar-refractivity contribution in [3.8, 4) is 0 Å². The highest BCUT2D eigenvalue weighted by molar-refractivity contribution is 7.16. The quantitative estimate of drug-likeness (QED) is 0.899. The molecule has 0 bridgehead atoms. The summed E-state index contributed by atoms with van der Waals surface area (Å²) in [5.41, 5.74) is 0. The molecule has 2 nitrogen and oxygen atoms in total. The van der Waals surface area contributed by atoms with E-state index in [0.717, 1.165) is 22.3 Å². The predicted octanol–water partition coefficient (Wildman–Crippen LogP) is 2.90. The molecule has 4 heteroatoms. The van der Waals surface area contributed by atoms with Gasteiger partial charge in [-0.25, -0.2) is 0 Å². The number of piperidine rings is 1. The third-order valence-corrected chi connectivity index (χ3v) is 4.15. The monoisotopic (exact) mass is 257 g/mol. The molecule has 1 aromatic rings. The summed E-state index contributed by atoms with van der Waals surface area (Å²) in [5, 5.41) is 3.34. The highest BCUT2D eigenvalue weighted by atomic mass is 35.5. The van der Waals surface area contributed by atoms with Gasteiger partial charge in [0.05, 0.1) is 4.34 Å². The number of Topliss-reactive ketones (excluding diaryl/α,β-unsaturated/α-hetero) is 1. The summed E-state index contributed by atoms with van der Waals surface area (Å²) in [6.07, 6.45) is 3.64. The molecule has 0 radical (unpaired) electrons.